The van der Waals surface area contributed by atoms with Gasteiger partial charge in [0.15, 0.2) is 0 Å². The van der Waals surface area contributed by atoms with Crippen molar-refractivity contribution in [3.63, 3.8) is 0 Å². The fourth-order valence-electron chi connectivity index (χ4n) is 5.23. The van der Waals surface area contributed by atoms with Gasteiger partial charge in [-0.05, 0) is 23.2 Å². The number of aromatic nitrogens is 2. The van der Waals surface area contributed by atoms with E-state index in [4.69, 9.17) is 5.79 Å². The van der Waals surface area contributed by atoms with Gasteiger partial charge in [0.2, 0.25) is 0 Å². The molecule has 0 bridgehead atoms. The number of pyridine rings is 2. The topological polar surface area (TPSA) is 38.9 Å². The second-order valence-corrected chi connectivity index (χ2v) is 22.8. The molecule has 0 saturated carbocycles. The standard InChI is InChI=1S/C26H20NO.C14H16GeN.Ir/c1-17(2)19-14-15-27-24(16-19)23-13-7-12-22-21-11-6-10-20(25(21)28-26(22)23)18-8-4-3-5-9-18;1-15(2,3)13-9-10-14(16-11-13)12-7-5-4-6-8-12;/h3-12,14-17H,1-2H3;4-7,9-11H,1-3H3;/q2*-1;/i17D;;. The molecule has 0 fully saturated rings. The Morgan fingerprint density at radius 3 is 2.20 bits per heavy atom. The van der Waals surface area contributed by atoms with Crippen molar-refractivity contribution in [2.24, 2.45) is 0 Å². The summed E-state index contributed by atoms with van der Waals surface area (Å²) in [7, 11) is 0. The van der Waals surface area contributed by atoms with E-state index in [2.05, 4.69) is 81.8 Å². The zero-order chi connectivity index (χ0) is 31.6. The van der Waals surface area contributed by atoms with Crippen LogP contribution in [0, 0.1) is 12.1 Å². The number of benzene rings is 4. The molecule has 3 heterocycles. The maximum absolute atomic E-state index is 8.34. The predicted molar refractivity (Wildman–Crippen MR) is 187 cm³/mol. The van der Waals surface area contributed by atoms with Crippen LogP contribution >= 0.6 is 0 Å². The SMILES string of the molecule is [2H]C(C)(C)c1ccnc(-c2[c-]ccc3c2oc2c(-c4ccccc4)cccc23)c1.[CH3][Ge]([CH3])([CH3])[c]1ccc(-c2[c-]cccc2)nc1.[Ir]. The van der Waals surface area contributed by atoms with E-state index >= 15 is 0 Å². The minimum atomic E-state index is -1.72. The first-order chi connectivity index (χ1) is 21.6. The van der Waals surface area contributed by atoms with E-state index in [0.29, 0.717) is 0 Å². The summed E-state index contributed by atoms with van der Waals surface area (Å²) >= 11 is -1.72. The summed E-state index contributed by atoms with van der Waals surface area (Å²) in [6.45, 7) is 3.76. The van der Waals surface area contributed by atoms with Gasteiger partial charge in [-0.15, -0.1) is 18.2 Å². The van der Waals surface area contributed by atoms with Crippen molar-refractivity contribution in [2.75, 3.05) is 0 Å². The Kier molecular flexibility index (Phi) is 9.75. The monoisotopic (exact) mass is 828 g/mol. The summed E-state index contributed by atoms with van der Waals surface area (Å²) < 4.78 is 16.2. The molecule has 0 unspecified atom stereocenters. The van der Waals surface area contributed by atoms with E-state index in [1.54, 1.807) is 6.20 Å². The van der Waals surface area contributed by atoms with Crippen LogP contribution in [0.4, 0.5) is 0 Å². The molecule has 7 aromatic rings. The summed E-state index contributed by atoms with van der Waals surface area (Å²) in [5.41, 5.74) is 8.42. The van der Waals surface area contributed by atoms with E-state index < -0.39 is 19.2 Å². The molecule has 4 aromatic carbocycles. The van der Waals surface area contributed by atoms with Gasteiger partial charge in [-0.25, -0.2) is 0 Å². The fraction of sp³-hybridized carbons (Fsp3) is 0.150. The maximum atomic E-state index is 8.34. The summed E-state index contributed by atoms with van der Waals surface area (Å²) in [5.74, 6) is 6.45. The van der Waals surface area contributed by atoms with Gasteiger partial charge in [-0.3, -0.25) is 0 Å². The van der Waals surface area contributed by atoms with Gasteiger partial charge >= 0.3 is 99.8 Å². The molecule has 0 aliphatic carbocycles. The number of para-hydroxylation sites is 1. The molecule has 227 valence electrons. The van der Waals surface area contributed by atoms with Crippen molar-refractivity contribution in [3.05, 3.63) is 139 Å². The average molecular weight is 827 g/mol. The van der Waals surface area contributed by atoms with Crippen molar-refractivity contribution in [2.45, 2.75) is 37.0 Å². The van der Waals surface area contributed by atoms with E-state index in [1.165, 1.54) is 4.40 Å². The largest absolute Gasteiger partial charge is 0 e. The van der Waals surface area contributed by atoms with Crippen LogP contribution in [0.25, 0.3) is 55.6 Å². The Morgan fingerprint density at radius 2 is 1.51 bits per heavy atom. The summed E-state index contributed by atoms with van der Waals surface area (Å²) in [4.78, 5) is 9.08. The molecule has 5 heteroatoms. The summed E-state index contributed by atoms with van der Waals surface area (Å²) in [6, 6.07) is 43.1. The van der Waals surface area contributed by atoms with Crippen molar-refractivity contribution >= 4 is 39.6 Å². The molecular weight excluding hydrogens is 789 g/mol. The van der Waals surface area contributed by atoms with Crippen LogP contribution in [0.15, 0.2) is 126 Å². The van der Waals surface area contributed by atoms with Crippen molar-refractivity contribution in [1.29, 1.82) is 0 Å². The third-order valence-electron chi connectivity index (χ3n) is 7.75. The second kappa shape index (κ2) is 14.1. The van der Waals surface area contributed by atoms with Gasteiger partial charge in [0.05, 0.1) is 5.58 Å². The molecule has 0 amide bonds. The van der Waals surface area contributed by atoms with Gasteiger partial charge in [0, 0.05) is 38.6 Å². The van der Waals surface area contributed by atoms with Crippen LogP contribution in [-0.4, -0.2) is 23.2 Å². The Bertz CT molecular complexity index is 2060. The Labute approximate surface area is 283 Å². The molecule has 0 aliphatic rings. The van der Waals surface area contributed by atoms with Gasteiger partial charge in [0.25, 0.3) is 0 Å². The van der Waals surface area contributed by atoms with Crippen molar-refractivity contribution in [1.82, 2.24) is 9.97 Å². The molecule has 1 radical (unpaired) electrons. The van der Waals surface area contributed by atoms with E-state index in [9.17, 15) is 0 Å². The van der Waals surface area contributed by atoms with Crippen LogP contribution < -0.4 is 4.40 Å². The van der Waals surface area contributed by atoms with E-state index in [-0.39, 0.29) is 20.1 Å². The fourth-order valence-corrected chi connectivity index (χ4v) is 7.40. The minimum absolute atomic E-state index is 0. The first kappa shape index (κ1) is 31.2. The number of fused-ring (bicyclic) bond motifs is 3. The normalized spacial score (nSPS) is 11.8. The second-order valence-electron chi connectivity index (χ2n) is 12.1. The average Bonchev–Trinajstić information content (AvgIpc) is 3.44. The van der Waals surface area contributed by atoms with Gasteiger partial charge < -0.3 is 9.40 Å². The molecule has 3 nitrogen and oxygen atoms in total. The van der Waals surface area contributed by atoms with Crippen LogP contribution in [-0.2, 0) is 20.1 Å². The Balaban J connectivity index is 0.000000209. The number of nitrogens with zero attached hydrogens (tertiary/aromatic N) is 2. The van der Waals surface area contributed by atoms with Crippen LogP contribution in [0.1, 0.15) is 26.7 Å². The summed E-state index contributed by atoms with van der Waals surface area (Å²) in [5, 5.41) is 2.12. The summed E-state index contributed by atoms with van der Waals surface area (Å²) in [6.07, 6.45) is 3.79. The molecule has 0 N–H and O–H groups in total. The quantitative estimate of drug-likeness (QED) is 0.128. The smallest absolute Gasteiger partial charge is 0 e. The number of furan rings is 1. The Hall–Kier alpha value is -3.83. The Morgan fingerprint density at radius 1 is 0.733 bits per heavy atom. The van der Waals surface area contributed by atoms with E-state index in [1.807, 2.05) is 86.8 Å². The first-order valence-corrected chi connectivity index (χ1v) is 22.3. The van der Waals surface area contributed by atoms with Crippen LogP contribution in [0.5, 0.6) is 0 Å². The minimum Gasteiger partial charge on any atom is 0 e. The molecule has 0 spiro atoms. The molecule has 45 heavy (non-hydrogen) atoms. The molecule has 7 rings (SSSR count). The third-order valence-corrected chi connectivity index (χ3v) is 12.0. The van der Waals surface area contributed by atoms with Crippen LogP contribution in [0.3, 0.4) is 0 Å². The zero-order valence-corrected chi connectivity index (χ0v) is 30.7. The molecule has 3 aromatic heterocycles. The van der Waals surface area contributed by atoms with Crippen LogP contribution in [0.2, 0.25) is 17.3 Å². The molecule has 0 aliphatic heterocycles. The van der Waals surface area contributed by atoms with E-state index in [0.717, 1.165) is 61.1 Å². The maximum Gasteiger partial charge on any atom is 0 e. The first-order valence-electron chi connectivity index (χ1n) is 15.4. The predicted octanol–water partition coefficient (Wildman–Crippen LogP) is 10.3. The van der Waals surface area contributed by atoms with Crippen molar-refractivity contribution in [3.8, 4) is 33.6 Å². The molecule has 0 saturated heterocycles. The number of hydrogen-bond acceptors (Lipinski definition) is 3. The van der Waals surface area contributed by atoms with Gasteiger partial charge in [0.1, 0.15) is 5.58 Å². The molecular formula is C40H36GeIrN2O-2. The molecule has 0 atom stereocenters. The zero-order valence-electron chi connectivity index (χ0n) is 27.2. The van der Waals surface area contributed by atoms with Crippen molar-refractivity contribution < 1.29 is 25.9 Å². The third kappa shape index (κ3) is 7.20. The number of hydrogen-bond donors (Lipinski definition) is 0. The van der Waals surface area contributed by atoms with Gasteiger partial charge in [-0.1, -0.05) is 85.0 Å². The number of rotatable bonds is 5. The van der Waals surface area contributed by atoms with Gasteiger partial charge in [-0.2, -0.15) is 0 Å².